The molecule has 1 aliphatic rings. The lowest BCUT2D eigenvalue weighted by atomic mass is 9.74. The van der Waals surface area contributed by atoms with Gasteiger partial charge in [-0.1, -0.05) is 64.3 Å². The average Bonchev–Trinajstić information content (AvgIpc) is 2.81. The fourth-order valence-electron chi connectivity index (χ4n) is 5.32. The van der Waals surface area contributed by atoms with Crippen molar-refractivity contribution in [1.29, 1.82) is 0 Å². The van der Waals surface area contributed by atoms with Crippen LogP contribution in [-0.4, -0.2) is 54.0 Å². The van der Waals surface area contributed by atoms with E-state index in [0.717, 1.165) is 31.7 Å². The summed E-state index contributed by atoms with van der Waals surface area (Å²) in [4.78, 5) is 1.86. The highest BCUT2D eigenvalue weighted by atomic mass is 19.1. The molecule has 194 valence electrons. The summed E-state index contributed by atoms with van der Waals surface area (Å²) in [6, 6.07) is 11.9. The van der Waals surface area contributed by atoms with E-state index < -0.39 is 23.8 Å². The van der Waals surface area contributed by atoms with E-state index in [2.05, 4.69) is 50.4 Å². The highest BCUT2D eigenvalue weighted by Gasteiger charge is 2.36. The highest BCUT2D eigenvalue weighted by molar-refractivity contribution is 5.34. The van der Waals surface area contributed by atoms with Gasteiger partial charge in [0.05, 0.1) is 12.7 Å². The lowest BCUT2D eigenvalue weighted by Crippen LogP contribution is -2.53. The number of hydrogen-bond acceptors (Lipinski definition) is 4. The fourth-order valence-corrected chi connectivity index (χ4v) is 5.32. The molecule has 1 aliphatic carbocycles. The Kier molecular flexibility index (Phi) is 9.44. The first-order chi connectivity index (χ1) is 16.5. The number of likely N-dealkylation sites (N-methyl/N-ethyl adjacent to an activating group) is 1. The third-order valence-corrected chi connectivity index (χ3v) is 7.47. The molecular weight excluding hydrogens is 446 g/mol. The van der Waals surface area contributed by atoms with Gasteiger partial charge >= 0.3 is 0 Å². The van der Waals surface area contributed by atoms with Crippen LogP contribution in [0.4, 0.5) is 8.78 Å². The summed E-state index contributed by atoms with van der Waals surface area (Å²) >= 11 is 0. The van der Waals surface area contributed by atoms with E-state index in [-0.39, 0.29) is 24.0 Å². The Bertz CT molecular complexity index is 934. The van der Waals surface area contributed by atoms with Crippen molar-refractivity contribution in [3.05, 3.63) is 70.8 Å². The molecule has 0 bridgehead atoms. The summed E-state index contributed by atoms with van der Waals surface area (Å²) in [5.41, 5.74) is 2.86. The SMILES string of the molecule is CN(CCO)C(Cc1cc(F)cc(F)c1)C(O)CNC1(c2cccc(C(C)(C)C)c2)CCCCC1. The standard InChI is InChI=1S/C29H42F2N2O2/c1-28(2,3)22-9-8-10-23(18-22)29(11-6-5-7-12-29)32-20-27(35)26(33(4)13-14-34)17-21-15-24(30)19-25(31)16-21/h8-10,15-16,18-19,26-27,32,34-35H,5-7,11-14,17,20H2,1-4H3. The summed E-state index contributed by atoms with van der Waals surface area (Å²) in [5.74, 6) is -1.26. The molecule has 3 rings (SSSR count). The van der Waals surface area contributed by atoms with E-state index >= 15 is 0 Å². The number of benzene rings is 2. The second-order valence-corrected chi connectivity index (χ2v) is 11.2. The molecule has 3 N–H and O–H groups in total. The number of aliphatic hydroxyl groups is 2. The Hall–Kier alpha value is -1.86. The second kappa shape index (κ2) is 11.9. The van der Waals surface area contributed by atoms with Gasteiger partial charge in [0.1, 0.15) is 11.6 Å². The van der Waals surface area contributed by atoms with Gasteiger partial charge in [-0.3, -0.25) is 4.90 Å². The van der Waals surface area contributed by atoms with Gasteiger partial charge in [0, 0.05) is 30.7 Å². The Morgan fingerprint density at radius 2 is 1.69 bits per heavy atom. The van der Waals surface area contributed by atoms with Gasteiger partial charge in [0.2, 0.25) is 0 Å². The van der Waals surface area contributed by atoms with E-state index in [9.17, 15) is 19.0 Å². The molecule has 0 saturated heterocycles. The van der Waals surface area contributed by atoms with Crippen LogP contribution in [0.3, 0.4) is 0 Å². The van der Waals surface area contributed by atoms with Crippen molar-refractivity contribution in [2.45, 2.75) is 82.4 Å². The number of rotatable bonds is 10. The van der Waals surface area contributed by atoms with Gasteiger partial charge in [-0.2, -0.15) is 0 Å². The fraction of sp³-hybridized carbons (Fsp3) is 0.586. The van der Waals surface area contributed by atoms with E-state index in [1.54, 1.807) is 0 Å². The maximum Gasteiger partial charge on any atom is 0.126 e. The van der Waals surface area contributed by atoms with E-state index in [4.69, 9.17) is 0 Å². The molecule has 0 aromatic heterocycles. The van der Waals surface area contributed by atoms with Crippen LogP contribution in [0.15, 0.2) is 42.5 Å². The molecule has 2 aromatic carbocycles. The van der Waals surface area contributed by atoms with Crippen molar-refractivity contribution in [2.75, 3.05) is 26.7 Å². The summed E-state index contributed by atoms with van der Waals surface area (Å²) in [6.45, 7) is 7.29. The van der Waals surface area contributed by atoms with E-state index in [0.29, 0.717) is 18.7 Å². The molecular formula is C29H42F2N2O2. The van der Waals surface area contributed by atoms with Crippen LogP contribution in [0.5, 0.6) is 0 Å². The van der Waals surface area contributed by atoms with Crippen LogP contribution in [-0.2, 0) is 17.4 Å². The molecule has 6 heteroatoms. The van der Waals surface area contributed by atoms with Crippen LogP contribution in [0.2, 0.25) is 0 Å². The number of aliphatic hydroxyl groups excluding tert-OH is 2. The maximum atomic E-state index is 13.8. The normalized spacial score (nSPS) is 18.0. The van der Waals surface area contributed by atoms with Crippen molar-refractivity contribution in [3.8, 4) is 0 Å². The summed E-state index contributed by atoms with van der Waals surface area (Å²) in [5, 5.41) is 24.5. The van der Waals surface area contributed by atoms with Crippen molar-refractivity contribution in [2.24, 2.45) is 0 Å². The second-order valence-electron chi connectivity index (χ2n) is 11.2. The molecule has 0 amide bonds. The largest absolute Gasteiger partial charge is 0.395 e. The van der Waals surface area contributed by atoms with Gasteiger partial charge in [0.15, 0.2) is 0 Å². The molecule has 1 fully saturated rings. The number of hydrogen-bond donors (Lipinski definition) is 3. The van der Waals surface area contributed by atoms with Crippen molar-refractivity contribution < 1.29 is 19.0 Å². The predicted molar refractivity (Wildman–Crippen MR) is 137 cm³/mol. The molecule has 2 atom stereocenters. The third-order valence-electron chi connectivity index (χ3n) is 7.47. The summed E-state index contributed by atoms with van der Waals surface area (Å²) in [6.07, 6.45) is 4.94. The Morgan fingerprint density at radius 1 is 1.03 bits per heavy atom. The molecule has 0 aliphatic heterocycles. The number of nitrogens with one attached hydrogen (secondary N) is 1. The zero-order valence-electron chi connectivity index (χ0n) is 21.7. The Balaban J connectivity index is 1.82. The van der Waals surface area contributed by atoms with Gasteiger partial charge in [-0.15, -0.1) is 0 Å². The molecule has 4 nitrogen and oxygen atoms in total. The molecule has 0 spiro atoms. The zero-order valence-corrected chi connectivity index (χ0v) is 21.7. The highest BCUT2D eigenvalue weighted by Crippen LogP contribution is 2.38. The number of nitrogens with zero attached hydrogens (tertiary/aromatic N) is 1. The first kappa shape index (κ1) is 27.7. The maximum absolute atomic E-state index is 13.8. The zero-order chi connectivity index (χ0) is 25.6. The monoisotopic (exact) mass is 488 g/mol. The van der Waals surface area contributed by atoms with Crippen LogP contribution in [0.25, 0.3) is 0 Å². The van der Waals surface area contributed by atoms with Crippen molar-refractivity contribution in [1.82, 2.24) is 10.2 Å². The molecule has 0 radical (unpaired) electrons. The smallest absolute Gasteiger partial charge is 0.126 e. The van der Waals surface area contributed by atoms with Gasteiger partial charge in [-0.25, -0.2) is 8.78 Å². The van der Waals surface area contributed by atoms with Gasteiger partial charge < -0.3 is 15.5 Å². The Morgan fingerprint density at radius 3 is 2.29 bits per heavy atom. The molecule has 2 unspecified atom stereocenters. The summed E-state index contributed by atoms with van der Waals surface area (Å²) in [7, 11) is 1.82. The molecule has 2 aromatic rings. The minimum atomic E-state index is -0.789. The lowest BCUT2D eigenvalue weighted by molar-refractivity contribution is 0.0447. The van der Waals surface area contributed by atoms with Crippen LogP contribution >= 0.6 is 0 Å². The number of halogens is 2. The van der Waals surface area contributed by atoms with Crippen LogP contribution in [0, 0.1) is 11.6 Å². The van der Waals surface area contributed by atoms with E-state index in [1.165, 1.54) is 29.7 Å². The van der Waals surface area contributed by atoms with Crippen LogP contribution < -0.4 is 5.32 Å². The van der Waals surface area contributed by atoms with E-state index in [1.807, 2.05) is 11.9 Å². The molecule has 1 saturated carbocycles. The summed E-state index contributed by atoms with van der Waals surface area (Å²) < 4.78 is 27.6. The molecule has 0 heterocycles. The quantitative estimate of drug-likeness (QED) is 0.445. The minimum absolute atomic E-state index is 0.0454. The average molecular weight is 489 g/mol. The lowest BCUT2D eigenvalue weighted by Gasteiger charge is -2.41. The van der Waals surface area contributed by atoms with Crippen molar-refractivity contribution in [3.63, 3.8) is 0 Å². The van der Waals surface area contributed by atoms with Crippen LogP contribution in [0.1, 0.15) is 69.6 Å². The van der Waals surface area contributed by atoms with Gasteiger partial charge in [0.25, 0.3) is 0 Å². The molecule has 35 heavy (non-hydrogen) atoms. The Labute approximate surface area is 209 Å². The minimum Gasteiger partial charge on any atom is -0.395 e. The first-order valence-electron chi connectivity index (χ1n) is 12.8. The van der Waals surface area contributed by atoms with Crippen molar-refractivity contribution >= 4 is 0 Å². The van der Waals surface area contributed by atoms with Gasteiger partial charge in [-0.05, 0) is 60.5 Å². The third kappa shape index (κ3) is 7.32. The predicted octanol–water partition coefficient (Wildman–Crippen LogP) is 4.91. The topological polar surface area (TPSA) is 55.7 Å². The first-order valence-corrected chi connectivity index (χ1v) is 12.8.